The first-order valence-corrected chi connectivity index (χ1v) is 5.55. The third-order valence-corrected chi connectivity index (χ3v) is 2.66. The van der Waals surface area contributed by atoms with Crippen molar-refractivity contribution in [3.63, 3.8) is 0 Å². The van der Waals surface area contributed by atoms with Crippen molar-refractivity contribution in [2.45, 2.75) is 27.2 Å². The average molecular weight is 215 g/mol. The molecule has 16 heavy (non-hydrogen) atoms. The second-order valence-corrected chi connectivity index (χ2v) is 5.42. The van der Waals surface area contributed by atoms with Crippen molar-refractivity contribution in [2.24, 2.45) is 5.41 Å². The van der Waals surface area contributed by atoms with E-state index in [1.54, 1.807) is 4.57 Å². The Balaban J connectivity index is 2.58. The van der Waals surface area contributed by atoms with Gasteiger partial charge in [0, 0.05) is 11.6 Å². The third-order valence-electron chi connectivity index (χ3n) is 2.66. The molecule has 0 amide bonds. The van der Waals surface area contributed by atoms with Gasteiger partial charge in [0.1, 0.15) is 0 Å². The largest absolute Gasteiger partial charge is 0.290 e. The molecule has 0 aliphatic heterocycles. The average Bonchev–Trinajstić information content (AvgIpc) is 2.55. The molecule has 1 heterocycles. The zero-order valence-corrected chi connectivity index (χ0v) is 10.0. The van der Waals surface area contributed by atoms with E-state index in [4.69, 9.17) is 0 Å². The fourth-order valence-electron chi connectivity index (χ4n) is 2.08. The lowest BCUT2D eigenvalue weighted by Gasteiger charge is -2.17. The Labute approximate surface area is 95.9 Å². The molecule has 2 nitrogen and oxygen atoms in total. The zero-order valence-electron chi connectivity index (χ0n) is 10.0. The summed E-state index contributed by atoms with van der Waals surface area (Å²) in [6, 6.07) is 8.04. The molecule has 2 heteroatoms. The molecule has 2 aromatic rings. The van der Waals surface area contributed by atoms with Gasteiger partial charge in [0.25, 0.3) is 0 Å². The van der Waals surface area contributed by atoms with Gasteiger partial charge in [-0.2, -0.15) is 0 Å². The lowest BCUT2D eigenvalue weighted by molar-refractivity contribution is 0.412. The summed E-state index contributed by atoms with van der Waals surface area (Å²) in [6.07, 6.45) is 3.80. The summed E-state index contributed by atoms with van der Waals surface area (Å²) >= 11 is 0. The quantitative estimate of drug-likeness (QED) is 0.705. The first kappa shape index (κ1) is 10.9. The van der Waals surface area contributed by atoms with Crippen LogP contribution in [0.5, 0.6) is 0 Å². The van der Waals surface area contributed by atoms with Gasteiger partial charge in [-0.15, -0.1) is 0 Å². The minimum absolute atomic E-state index is 0.234. The SMILES string of the molecule is CC(C)(C)Cc1cn(C=O)c2ccccc12. The summed E-state index contributed by atoms with van der Waals surface area (Å²) in [7, 11) is 0. The Morgan fingerprint density at radius 3 is 2.56 bits per heavy atom. The molecule has 1 aromatic heterocycles. The molecule has 0 fully saturated rings. The molecule has 0 saturated carbocycles. The van der Waals surface area contributed by atoms with Crippen LogP contribution in [0.1, 0.15) is 26.3 Å². The van der Waals surface area contributed by atoms with Crippen LogP contribution < -0.4 is 0 Å². The highest BCUT2D eigenvalue weighted by Crippen LogP contribution is 2.27. The Hall–Kier alpha value is -1.57. The van der Waals surface area contributed by atoms with Crippen LogP contribution >= 0.6 is 0 Å². The molecule has 0 unspecified atom stereocenters. The van der Waals surface area contributed by atoms with Crippen LogP contribution in [0.2, 0.25) is 0 Å². The fourth-order valence-corrected chi connectivity index (χ4v) is 2.08. The Morgan fingerprint density at radius 1 is 1.25 bits per heavy atom. The number of hydrogen-bond acceptors (Lipinski definition) is 1. The summed E-state index contributed by atoms with van der Waals surface area (Å²) in [5.74, 6) is 0. The van der Waals surface area contributed by atoms with Crippen LogP contribution in [0.4, 0.5) is 0 Å². The molecule has 0 bridgehead atoms. The molecule has 2 rings (SSSR count). The lowest BCUT2D eigenvalue weighted by Crippen LogP contribution is -2.08. The minimum Gasteiger partial charge on any atom is -0.290 e. The van der Waals surface area contributed by atoms with Crippen LogP contribution in [-0.4, -0.2) is 11.0 Å². The van der Waals surface area contributed by atoms with Crippen molar-refractivity contribution < 1.29 is 4.79 Å². The van der Waals surface area contributed by atoms with Gasteiger partial charge in [-0.3, -0.25) is 9.36 Å². The monoisotopic (exact) mass is 215 g/mol. The van der Waals surface area contributed by atoms with Gasteiger partial charge in [-0.05, 0) is 23.5 Å². The van der Waals surface area contributed by atoms with Crippen molar-refractivity contribution in [1.29, 1.82) is 0 Å². The maximum absolute atomic E-state index is 11.0. The third kappa shape index (κ3) is 2.01. The Kier molecular flexibility index (Phi) is 2.58. The highest BCUT2D eigenvalue weighted by molar-refractivity contribution is 5.88. The second-order valence-electron chi connectivity index (χ2n) is 5.42. The molecular formula is C14H17NO. The number of benzene rings is 1. The van der Waals surface area contributed by atoms with Gasteiger partial charge in [0.05, 0.1) is 5.52 Å². The maximum atomic E-state index is 11.0. The molecular weight excluding hydrogens is 198 g/mol. The second kappa shape index (κ2) is 3.78. The van der Waals surface area contributed by atoms with Crippen molar-refractivity contribution in [2.75, 3.05) is 0 Å². The predicted octanol–water partition coefficient (Wildman–Crippen LogP) is 3.27. The molecule has 0 aliphatic carbocycles. The van der Waals surface area contributed by atoms with Crippen LogP contribution in [0.25, 0.3) is 10.9 Å². The van der Waals surface area contributed by atoms with Gasteiger partial charge in [-0.1, -0.05) is 39.0 Å². The van der Waals surface area contributed by atoms with Crippen molar-refractivity contribution >= 4 is 17.3 Å². The fraction of sp³-hybridized carbons (Fsp3) is 0.357. The van der Waals surface area contributed by atoms with E-state index in [1.165, 1.54) is 10.9 Å². The van der Waals surface area contributed by atoms with E-state index in [2.05, 4.69) is 26.8 Å². The number of para-hydroxylation sites is 1. The van der Waals surface area contributed by atoms with Gasteiger partial charge >= 0.3 is 0 Å². The van der Waals surface area contributed by atoms with Crippen molar-refractivity contribution in [1.82, 2.24) is 4.57 Å². The van der Waals surface area contributed by atoms with Gasteiger partial charge in [0.15, 0.2) is 0 Å². The van der Waals surface area contributed by atoms with E-state index in [-0.39, 0.29) is 5.41 Å². The highest BCUT2D eigenvalue weighted by atomic mass is 16.1. The summed E-state index contributed by atoms with van der Waals surface area (Å²) in [6.45, 7) is 6.63. The van der Waals surface area contributed by atoms with Crippen molar-refractivity contribution in [3.8, 4) is 0 Å². The first-order valence-electron chi connectivity index (χ1n) is 5.55. The van der Waals surface area contributed by atoms with E-state index in [0.29, 0.717) is 0 Å². The Bertz CT molecular complexity index is 517. The lowest BCUT2D eigenvalue weighted by atomic mass is 9.88. The van der Waals surface area contributed by atoms with E-state index in [9.17, 15) is 4.79 Å². The van der Waals surface area contributed by atoms with Crippen LogP contribution in [-0.2, 0) is 11.2 Å². The highest BCUT2D eigenvalue weighted by Gasteiger charge is 2.15. The number of aromatic nitrogens is 1. The molecule has 0 radical (unpaired) electrons. The molecule has 0 N–H and O–H groups in total. The molecule has 1 aromatic carbocycles. The van der Waals surface area contributed by atoms with Gasteiger partial charge < -0.3 is 0 Å². The van der Waals surface area contributed by atoms with Gasteiger partial charge in [0.2, 0.25) is 6.41 Å². The van der Waals surface area contributed by atoms with Crippen LogP contribution in [0.15, 0.2) is 30.5 Å². The number of rotatable bonds is 2. The van der Waals surface area contributed by atoms with E-state index in [0.717, 1.165) is 18.3 Å². The number of carbonyl (C=O) groups is 1. The summed E-state index contributed by atoms with van der Waals surface area (Å²) in [5, 5.41) is 1.18. The number of carbonyl (C=O) groups excluding carboxylic acids is 1. The number of hydrogen-bond donors (Lipinski definition) is 0. The topological polar surface area (TPSA) is 22.0 Å². The maximum Gasteiger partial charge on any atom is 0.218 e. The van der Waals surface area contributed by atoms with Crippen LogP contribution in [0.3, 0.4) is 0 Å². The standard InChI is InChI=1S/C14H17NO/c1-14(2,3)8-11-9-15(10-16)13-7-5-4-6-12(11)13/h4-7,9-10H,8H2,1-3H3. The molecule has 0 aliphatic rings. The first-order chi connectivity index (χ1) is 7.51. The summed E-state index contributed by atoms with van der Waals surface area (Å²) in [4.78, 5) is 11.0. The van der Waals surface area contributed by atoms with E-state index < -0.39 is 0 Å². The van der Waals surface area contributed by atoms with E-state index in [1.807, 2.05) is 24.4 Å². The molecule has 0 saturated heterocycles. The predicted molar refractivity (Wildman–Crippen MR) is 67.2 cm³/mol. The number of nitrogens with zero attached hydrogens (tertiary/aromatic N) is 1. The zero-order chi connectivity index (χ0) is 11.8. The minimum atomic E-state index is 0.234. The van der Waals surface area contributed by atoms with Gasteiger partial charge in [-0.25, -0.2) is 0 Å². The summed E-state index contributed by atoms with van der Waals surface area (Å²) < 4.78 is 1.66. The number of fused-ring (bicyclic) bond motifs is 1. The van der Waals surface area contributed by atoms with Crippen molar-refractivity contribution in [3.05, 3.63) is 36.0 Å². The normalized spacial score (nSPS) is 11.9. The molecule has 84 valence electrons. The summed E-state index contributed by atoms with van der Waals surface area (Å²) in [5.41, 5.74) is 2.48. The Morgan fingerprint density at radius 2 is 1.94 bits per heavy atom. The molecule has 0 atom stereocenters. The smallest absolute Gasteiger partial charge is 0.218 e. The van der Waals surface area contributed by atoms with Crippen LogP contribution in [0, 0.1) is 5.41 Å². The van der Waals surface area contributed by atoms with E-state index >= 15 is 0 Å². The molecule has 0 spiro atoms.